The Morgan fingerprint density at radius 1 is 1.38 bits per heavy atom. The van der Waals surface area contributed by atoms with Crippen LogP contribution in [0, 0.1) is 5.41 Å². The van der Waals surface area contributed by atoms with Crippen molar-refractivity contribution in [2.75, 3.05) is 6.61 Å². The van der Waals surface area contributed by atoms with Gasteiger partial charge >= 0.3 is 0 Å². The average Bonchev–Trinajstić information content (AvgIpc) is 2.19. The van der Waals surface area contributed by atoms with E-state index in [4.69, 9.17) is 21.7 Å². The topological polar surface area (TPSA) is 33.1 Å². The highest BCUT2D eigenvalue weighted by Crippen LogP contribution is 2.00. The smallest absolute Gasteiger partial charge is 0.213 e. The highest BCUT2D eigenvalue weighted by molar-refractivity contribution is 6.25. The van der Waals surface area contributed by atoms with Gasteiger partial charge in [0, 0.05) is 11.1 Å². The first-order chi connectivity index (χ1) is 6.34. The minimum atomic E-state index is 0.162. The van der Waals surface area contributed by atoms with E-state index >= 15 is 0 Å². The molecule has 0 saturated heterocycles. The molecular formula is C10H10ClNO. The fourth-order valence-electron chi connectivity index (χ4n) is 0.841. The molecular weight excluding hydrogens is 186 g/mol. The van der Waals surface area contributed by atoms with Gasteiger partial charge in [0.1, 0.15) is 6.61 Å². The van der Waals surface area contributed by atoms with Gasteiger partial charge < -0.3 is 4.74 Å². The Morgan fingerprint density at radius 3 is 2.69 bits per heavy atom. The molecule has 0 aromatic heterocycles. The summed E-state index contributed by atoms with van der Waals surface area (Å²) in [4.78, 5) is 0. The summed E-state index contributed by atoms with van der Waals surface area (Å²) in [6, 6.07) is 9.28. The van der Waals surface area contributed by atoms with Crippen molar-refractivity contribution in [1.29, 1.82) is 5.41 Å². The predicted molar refractivity (Wildman–Crippen MR) is 54.2 cm³/mol. The lowest BCUT2D eigenvalue weighted by molar-refractivity contribution is 0.348. The number of nitrogens with one attached hydrogen (secondary N) is 1. The van der Waals surface area contributed by atoms with E-state index in [2.05, 4.69) is 0 Å². The maximum Gasteiger partial charge on any atom is 0.213 e. The molecule has 0 spiro atoms. The molecule has 0 amide bonds. The number of halogens is 1. The quantitative estimate of drug-likeness (QED) is 0.584. The van der Waals surface area contributed by atoms with Crippen molar-refractivity contribution < 1.29 is 4.74 Å². The van der Waals surface area contributed by atoms with Gasteiger partial charge in [0.2, 0.25) is 5.90 Å². The summed E-state index contributed by atoms with van der Waals surface area (Å²) < 4.78 is 5.08. The van der Waals surface area contributed by atoms with Crippen LogP contribution in [0.3, 0.4) is 0 Å². The summed E-state index contributed by atoms with van der Waals surface area (Å²) in [5.41, 5.74) is 2.14. The standard InChI is InChI=1S/C10H10ClNO/c11-7-4-8-13-10(12)9-5-2-1-3-6-9/h1-7,12H,8H2/b7-4+,12-10?. The van der Waals surface area contributed by atoms with E-state index in [0.717, 1.165) is 5.56 Å². The van der Waals surface area contributed by atoms with E-state index in [1.54, 1.807) is 6.08 Å². The lowest BCUT2D eigenvalue weighted by Crippen LogP contribution is -2.04. The Labute approximate surface area is 82.3 Å². The zero-order valence-electron chi connectivity index (χ0n) is 7.03. The van der Waals surface area contributed by atoms with Crippen LogP contribution in [0.1, 0.15) is 5.56 Å². The summed E-state index contributed by atoms with van der Waals surface area (Å²) in [6.45, 7) is 0.331. The first-order valence-electron chi connectivity index (χ1n) is 3.86. The SMILES string of the molecule is N=C(OC/C=C/Cl)c1ccccc1. The second-order valence-electron chi connectivity index (χ2n) is 2.37. The Hall–Kier alpha value is -1.28. The molecule has 1 aromatic rings. The zero-order valence-corrected chi connectivity index (χ0v) is 7.79. The number of hydrogen-bond acceptors (Lipinski definition) is 2. The number of benzene rings is 1. The van der Waals surface area contributed by atoms with Gasteiger partial charge in [-0.2, -0.15) is 0 Å². The molecule has 0 aliphatic heterocycles. The Kier molecular flexibility index (Phi) is 4.06. The minimum absolute atomic E-state index is 0.162. The second kappa shape index (κ2) is 5.38. The summed E-state index contributed by atoms with van der Waals surface area (Å²) in [6.07, 6.45) is 1.64. The molecule has 0 aliphatic carbocycles. The molecule has 1 rings (SSSR count). The molecule has 13 heavy (non-hydrogen) atoms. The number of hydrogen-bond donors (Lipinski definition) is 1. The third-order valence-electron chi connectivity index (χ3n) is 1.45. The van der Waals surface area contributed by atoms with Crippen LogP contribution in [0.5, 0.6) is 0 Å². The van der Waals surface area contributed by atoms with Crippen LogP contribution in [0.15, 0.2) is 41.9 Å². The third kappa shape index (κ3) is 3.30. The van der Waals surface area contributed by atoms with Crippen LogP contribution in [0.4, 0.5) is 0 Å². The molecule has 0 atom stereocenters. The average molecular weight is 196 g/mol. The third-order valence-corrected chi connectivity index (χ3v) is 1.63. The lowest BCUT2D eigenvalue weighted by Gasteiger charge is -2.03. The molecule has 0 bridgehead atoms. The number of ether oxygens (including phenoxy) is 1. The van der Waals surface area contributed by atoms with Crippen molar-refractivity contribution in [2.45, 2.75) is 0 Å². The molecule has 2 nitrogen and oxygen atoms in total. The molecule has 1 aromatic carbocycles. The summed E-state index contributed by atoms with van der Waals surface area (Å²) in [5, 5.41) is 7.51. The van der Waals surface area contributed by atoms with Crippen LogP contribution >= 0.6 is 11.6 Å². The molecule has 0 saturated carbocycles. The first-order valence-corrected chi connectivity index (χ1v) is 4.30. The van der Waals surface area contributed by atoms with E-state index < -0.39 is 0 Å². The van der Waals surface area contributed by atoms with E-state index in [1.807, 2.05) is 30.3 Å². The normalized spacial score (nSPS) is 10.2. The Balaban J connectivity index is 2.49. The van der Waals surface area contributed by atoms with Crippen molar-refractivity contribution >= 4 is 17.5 Å². The minimum Gasteiger partial charge on any atom is -0.473 e. The summed E-state index contributed by atoms with van der Waals surface area (Å²) in [7, 11) is 0. The molecule has 0 aliphatic rings. The number of rotatable bonds is 3. The largest absolute Gasteiger partial charge is 0.473 e. The van der Waals surface area contributed by atoms with Gasteiger partial charge in [-0.15, -0.1) is 0 Å². The Bertz CT molecular complexity index is 295. The highest BCUT2D eigenvalue weighted by Gasteiger charge is 1.98. The van der Waals surface area contributed by atoms with Gasteiger partial charge in [-0.25, -0.2) is 0 Å². The summed E-state index contributed by atoms with van der Waals surface area (Å²) in [5.74, 6) is 0.162. The maximum absolute atomic E-state index is 7.51. The van der Waals surface area contributed by atoms with Crippen LogP contribution < -0.4 is 0 Å². The van der Waals surface area contributed by atoms with E-state index in [0.29, 0.717) is 6.61 Å². The molecule has 0 unspecified atom stereocenters. The Morgan fingerprint density at radius 2 is 2.08 bits per heavy atom. The van der Waals surface area contributed by atoms with Crippen LogP contribution in [-0.2, 0) is 4.74 Å². The first kappa shape index (κ1) is 9.81. The summed E-state index contributed by atoms with van der Waals surface area (Å²) >= 11 is 5.30. The fourth-order valence-corrected chi connectivity index (χ4v) is 0.913. The van der Waals surface area contributed by atoms with E-state index in [1.165, 1.54) is 5.54 Å². The van der Waals surface area contributed by atoms with Gasteiger partial charge in [-0.1, -0.05) is 29.8 Å². The second-order valence-corrected chi connectivity index (χ2v) is 2.62. The van der Waals surface area contributed by atoms with Crippen molar-refractivity contribution in [3.63, 3.8) is 0 Å². The van der Waals surface area contributed by atoms with E-state index in [9.17, 15) is 0 Å². The van der Waals surface area contributed by atoms with Crippen LogP contribution in [-0.4, -0.2) is 12.5 Å². The lowest BCUT2D eigenvalue weighted by atomic mass is 10.2. The maximum atomic E-state index is 7.51. The molecule has 3 heteroatoms. The van der Waals surface area contributed by atoms with Crippen molar-refractivity contribution in [1.82, 2.24) is 0 Å². The zero-order chi connectivity index (χ0) is 9.52. The molecule has 0 heterocycles. The molecule has 68 valence electrons. The predicted octanol–water partition coefficient (Wildman–Crippen LogP) is 2.78. The van der Waals surface area contributed by atoms with Gasteiger partial charge in [0.25, 0.3) is 0 Å². The fraction of sp³-hybridized carbons (Fsp3) is 0.100. The van der Waals surface area contributed by atoms with E-state index in [-0.39, 0.29) is 5.90 Å². The van der Waals surface area contributed by atoms with Crippen molar-refractivity contribution in [3.8, 4) is 0 Å². The van der Waals surface area contributed by atoms with Gasteiger partial charge in [-0.3, -0.25) is 5.41 Å². The van der Waals surface area contributed by atoms with Gasteiger partial charge in [-0.05, 0) is 18.2 Å². The van der Waals surface area contributed by atoms with Crippen LogP contribution in [0.25, 0.3) is 0 Å². The van der Waals surface area contributed by atoms with Gasteiger partial charge in [0.15, 0.2) is 0 Å². The van der Waals surface area contributed by atoms with Gasteiger partial charge in [0.05, 0.1) is 0 Å². The molecule has 0 radical (unpaired) electrons. The monoisotopic (exact) mass is 195 g/mol. The molecule has 0 fully saturated rings. The van der Waals surface area contributed by atoms with Crippen molar-refractivity contribution in [3.05, 3.63) is 47.5 Å². The highest BCUT2D eigenvalue weighted by atomic mass is 35.5. The molecule has 1 N–H and O–H groups in total. The van der Waals surface area contributed by atoms with Crippen molar-refractivity contribution in [2.24, 2.45) is 0 Å². The van der Waals surface area contributed by atoms with Crippen LogP contribution in [0.2, 0.25) is 0 Å².